The number of aromatic amines is 1. The molecule has 3 aromatic heterocycles. The van der Waals surface area contributed by atoms with Gasteiger partial charge in [-0.25, -0.2) is 9.97 Å². The Morgan fingerprint density at radius 2 is 1.88 bits per heavy atom. The number of aromatic nitrogens is 5. The first-order valence-corrected chi connectivity index (χ1v) is 9.93. The number of halogens is 3. The van der Waals surface area contributed by atoms with E-state index in [0.717, 1.165) is 12.1 Å². The van der Waals surface area contributed by atoms with Gasteiger partial charge in [0.15, 0.2) is 0 Å². The number of aliphatic hydroxyl groups excluding tert-OH is 1. The molecule has 0 saturated heterocycles. The summed E-state index contributed by atoms with van der Waals surface area (Å²) in [5, 5.41) is 14.0. The number of nitrogens with zero attached hydrogens (tertiary/aromatic N) is 4. The lowest BCUT2D eigenvalue weighted by Crippen LogP contribution is -2.17. The van der Waals surface area contributed by atoms with Gasteiger partial charge in [-0.1, -0.05) is 19.1 Å². The molecule has 0 aliphatic rings. The molecule has 2 N–H and O–H groups in total. The normalized spacial score (nSPS) is 12.9. The van der Waals surface area contributed by atoms with Gasteiger partial charge in [-0.05, 0) is 24.6 Å². The van der Waals surface area contributed by atoms with Gasteiger partial charge >= 0.3 is 6.18 Å². The van der Waals surface area contributed by atoms with E-state index in [2.05, 4.69) is 20.1 Å². The van der Waals surface area contributed by atoms with Crippen LogP contribution < -0.4 is 5.56 Å². The molecule has 0 aliphatic carbocycles. The average Bonchev–Trinajstić information content (AvgIpc) is 3.20. The minimum atomic E-state index is -4.45. The SMILES string of the molecule is CCC(CO)c1nc2c(-c3cnn(C)c3)nc(-c3ccc(C(F)(F)F)cc3)cc2c(=O)[nH]1. The zero-order valence-electron chi connectivity index (χ0n) is 17.3. The minimum absolute atomic E-state index is 0.176. The third-order valence-electron chi connectivity index (χ3n) is 5.30. The van der Waals surface area contributed by atoms with Crippen molar-refractivity contribution in [3.05, 3.63) is 64.5 Å². The number of fused-ring (bicyclic) bond motifs is 1. The topological polar surface area (TPSA) is 96.7 Å². The molecule has 7 nitrogen and oxygen atoms in total. The fraction of sp³-hybridized carbons (Fsp3) is 0.273. The van der Waals surface area contributed by atoms with Gasteiger partial charge in [0.1, 0.15) is 17.0 Å². The summed E-state index contributed by atoms with van der Waals surface area (Å²) in [6.45, 7) is 1.70. The lowest BCUT2D eigenvalue weighted by molar-refractivity contribution is -0.137. The Labute approximate surface area is 180 Å². The van der Waals surface area contributed by atoms with Crippen molar-refractivity contribution in [2.24, 2.45) is 7.05 Å². The van der Waals surface area contributed by atoms with E-state index in [1.54, 1.807) is 24.1 Å². The van der Waals surface area contributed by atoms with Crippen molar-refractivity contribution in [2.75, 3.05) is 6.61 Å². The van der Waals surface area contributed by atoms with Crippen LogP contribution in [0.4, 0.5) is 13.2 Å². The Balaban J connectivity index is 1.96. The van der Waals surface area contributed by atoms with Crippen molar-refractivity contribution in [2.45, 2.75) is 25.4 Å². The van der Waals surface area contributed by atoms with Crippen LogP contribution in [0.3, 0.4) is 0 Å². The van der Waals surface area contributed by atoms with Gasteiger partial charge in [-0.3, -0.25) is 9.48 Å². The standard InChI is InChI=1S/C22H20F3N5O2/c1-3-12(11-31)20-28-19-16(21(32)29-20)8-17(27-18(19)14-9-26-30(2)10-14)13-4-6-15(7-5-13)22(23,24)25/h4-10,12,31H,3,11H2,1-2H3,(H,28,29,32). The molecular weight excluding hydrogens is 423 g/mol. The fourth-order valence-corrected chi connectivity index (χ4v) is 3.48. The number of hydrogen-bond donors (Lipinski definition) is 2. The van der Waals surface area contributed by atoms with Gasteiger partial charge in [-0.15, -0.1) is 0 Å². The van der Waals surface area contributed by atoms with Crippen LogP contribution in [0.15, 0.2) is 47.5 Å². The maximum atomic E-state index is 12.9. The van der Waals surface area contributed by atoms with E-state index in [0.29, 0.717) is 40.3 Å². The Hall–Kier alpha value is -3.53. The lowest BCUT2D eigenvalue weighted by atomic mass is 10.0. The smallest absolute Gasteiger partial charge is 0.396 e. The van der Waals surface area contributed by atoms with E-state index in [4.69, 9.17) is 0 Å². The van der Waals surface area contributed by atoms with Crippen LogP contribution in [0.2, 0.25) is 0 Å². The van der Waals surface area contributed by atoms with E-state index in [9.17, 15) is 23.1 Å². The van der Waals surface area contributed by atoms with E-state index in [-0.39, 0.29) is 17.9 Å². The van der Waals surface area contributed by atoms with Crippen LogP contribution in [0.5, 0.6) is 0 Å². The minimum Gasteiger partial charge on any atom is -0.396 e. The van der Waals surface area contributed by atoms with Crippen LogP contribution in [0.25, 0.3) is 33.4 Å². The highest BCUT2D eigenvalue weighted by Gasteiger charge is 2.30. The molecule has 0 bridgehead atoms. The summed E-state index contributed by atoms with van der Waals surface area (Å²) in [4.78, 5) is 24.8. The summed E-state index contributed by atoms with van der Waals surface area (Å²) < 4.78 is 40.4. The third-order valence-corrected chi connectivity index (χ3v) is 5.30. The summed E-state index contributed by atoms with van der Waals surface area (Å²) in [5.74, 6) is 0.00478. The number of nitrogens with one attached hydrogen (secondary N) is 1. The molecule has 10 heteroatoms. The summed E-state index contributed by atoms with van der Waals surface area (Å²) in [7, 11) is 1.73. The van der Waals surface area contributed by atoms with E-state index in [1.807, 2.05) is 6.92 Å². The second-order valence-corrected chi connectivity index (χ2v) is 7.47. The Bertz CT molecular complexity index is 1320. The molecule has 1 unspecified atom stereocenters. The predicted molar refractivity (Wildman–Crippen MR) is 113 cm³/mol. The molecule has 0 aliphatic heterocycles. The van der Waals surface area contributed by atoms with E-state index in [1.165, 1.54) is 18.2 Å². The molecule has 0 fully saturated rings. The molecule has 1 atom stereocenters. The van der Waals surface area contributed by atoms with Crippen LogP contribution in [0.1, 0.15) is 30.7 Å². The second kappa shape index (κ2) is 8.19. The fourth-order valence-electron chi connectivity index (χ4n) is 3.48. The highest BCUT2D eigenvalue weighted by atomic mass is 19.4. The maximum Gasteiger partial charge on any atom is 0.416 e. The van der Waals surface area contributed by atoms with Crippen molar-refractivity contribution in [3.63, 3.8) is 0 Å². The Morgan fingerprint density at radius 1 is 1.16 bits per heavy atom. The number of benzene rings is 1. The van der Waals surface area contributed by atoms with Gasteiger partial charge in [0, 0.05) is 30.3 Å². The zero-order chi connectivity index (χ0) is 23.0. The first-order chi connectivity index (χ1) is 15.2. The van der Waals surface area contributed by atoms with Crippen LogP contribution in [-0.2, 0) is 13.2 Å². The quantitative estimate of drug-likeness (QED) is 0.488. The molecule has 3 heterocycles. The summed E-state index contributed by atoms with van der Waals surface area (Å²) in [5.41, 5.74) is 0.887. The van der Waals surface area contributed by atoms with Crippen LogP contribution >= 0.6 is 0 Å². The van der Waals surface area contributed by atoms with Gasteiger partial charge in [0.25, 0.3) is 5.56 Å². The molecule has 166 valence electrons. The van der Waals surface area contributed by atoms with E-state index >= 15 is 0 Å². The van der Waals surface area contributed by atoms with Crippen molar-refractivity contribution in [1.29, 1.82) is 0 Å². The van der Waals surface area contributed by atoms with Crippen LogP contribution in [0, 0.1) is 0 Å². The molecule has 1 aromatic carbocycles. The third kappa shape index (κ3) is 4.01. The molecule has 0 amide bonds. The largest absolute Gasteiger partial charge is 0.416 e. The Morgan fingerprint density at radius 3 is 2.44 bits per heavy atom. The summed E-state index contributed by atoms with van der Waals surface area (Å²) >= 11 is 0. The molecule has 32 heavy (non-hydrogen) atoms. The monoisotopic (exact) mass is 443 g/mol. The van der Waals surface area contributed by atoms with Gasteiger partial charge in [0.05, 0.1) is 29.4 Å². The van der Waals surface area contributed by atoms with E-state index < -0.39 is 17.3 Å². The predicted octanol–water partition coefficient (Wildman–Crippen LogP) is 3.89. The number of pyridine rings is 1. The van der Waals surface area contributed by atoms with Crippen molar-refractivity contribution in [3.8, 4) is 22.5 Å². The zero-order valence-corrected chi connectivity index (χ0v) is 17.3. The van der Waals surface area contributed by atoms with Crippen molar-refractivity contribution >= 4 is 10.9 Å². The second-order valence-electron chi connectivity index (χ2n) is 7.47. The number of aryl methyl sites for hydroxylation is 1. The molecule has 4 aromatic rings. The van der Waals surface area contributed by atoms with Gasteiger partial charge in [-0.2, -0.15) is 18.3 Å². The average molecular weight is 443 g/mol. The number of hydrogen-bond acceptors (Lipinski definition) is 5. The lowest BCUT2D eigenvalue weighted by Gasteiger charge is -2.14. The Kier molecular flexibility index (Phi) is 5.55. The number of alkyl halides is 3. The van der Waals surface area contributed by atoms with Gasteiger partial charge < -0.3 is 10.1 Å². The summed E-state index contributed by atoms with van der Waals surface area (Å²) in [6, 6.07) is 6.10. The number of rotatable bonds is 5. The number of aliphatic hydroxyl groups is 1. The molecule has 0 radical (unpaired) electrons. The van der Waals surface area contributed by atoms with Crippen molar-refractivity contribution in [1.82, 2.24) is 24.7 Å². The molecular formula is C22H20F3N5O2. The highest BCUT2D eigenvalue weighted by Crippen LogP contribution is 2.33. The summed E-state index contributed by atoms with van der Waals surface area (Å²) in [6.07, 6.45) is -0.588. The highest BCUT2D eigenvalue weighted by molar-refractivity contribution is 5.93. The molecule has 4 rings (SSSR count). The number of H-pyrrole nitrogens is 1. The molecule has 0 spiro atoms. The molecule has 0 saturated carbocycles. The first-order valence-electron chi connectivity index (χ1n) is 9.93. The maximum absolute atomic E-state index is 12.9. The van der Waals surface area contributed by atoms with Crippen LogP contribution in [-0.4, -0.2) is 36.4 Å². The first kappa shape index (κ1) is 21.7. The van der Waals surface area contributed by atoms with Crippen molar-refractivity contribution < 1.29 is 18.3 Å². The van der Waals surface area contributed by atoms with Gasteiger partial charge in [0.2, 0.25) is 0 Å².